The van der Waals surface area contributed by atoms with Crippen LogP contribution in [-0.2, 0) is 12.8 Å². The van der Waals surface area contributed by atoms with Crippen LogP contribution in [0.4, 0.5) is 5.82 Å². The summed E-state index contributed by atoms with van der Waals surface area (Å²) in [4.78, 5) is 11.0. The molecule has 2 N–H and O–H groups in total. The van der Waals surface area contributed by atoms with E-state index in [1.165, 1.54) is 5.56 Å². The molecule has 0 spiro atoms. The lowest BCUT2D eigenvalue weighted by molar-refractivity contribution is 0.728. The maximum atomic E-state index is 5.90. The SMILES string of the molecule is CC(N)Cc1cccnc1N(C)CCc1ccccn1. The summed E-state index contributed by atoms with van der Waals surface area (Å²) >= 11 is 0. The number of aromatic nitrogens is 2. The van der Waals surface area contributed by atoms with Gasteiger partial charge < -0.3 is 10.6 Å². The third-order valence-electron chi connectivity index (χ3n) is 3.20. The predicted molar refractivity (Wildman–Crippen MR) is 82.8 cm³/mol. The summed E-state index contributed by atoms with van der Waals surface area (Å²) in [6.45, 7) is 2.91. The van der Waals surface area contributed by atoms with Crippen molar-refractivity contribution in [3.63, 3.8) is 0 Å². The van der Waals surface area contributed by atoms with Crippen LogP contribution in [0.1, 0.15) is 18.2 Å². The van der Waals surface area contributed by atoms with Gasteiger partial charge in [-0.1, -0.05) is 12.1 Å². The second-order valence-electron chi connectivity index (χ2n) is 5.16. The zero-order valence-electron chi connectivity index (χ0n) is 12.2. The average Bonchev–Trinajstić information content (AvgIpc) is 2.46. The Balaban J connectivity index is 2.03. The van der Waals surface area contributed by atoms with Gasteiger partial charge in [0, 0.05) is 44.1 Å². The first kappa shape index (κ1) is 14.5. The Morgan fingerprint density at radius 3 is 2.65 bits per heavy atom. The van der Waals surface area contributed by atoms with E-state index in [0.717, 1.165) is 30.9 Å². The summed E-state index contributed by atoms with van der Waals surface area (Å²) in [6.07, 6.45) is 5.41. The Morgan fingerprint density at radius 2 is 1.95 bits per heavy atom. The number of anilines is 1. The number of nitrogens with two attached hydrogens (primary N) is 1. The Bertz CT molecular complexity index is 525. The molecular formula is C16H22N4. The first-order valence-corrected chi connectivity index (χ1v) is 6.97. The fourth-order valence-corrected chi connectivity index (χ4v) is 2.21. The Kier molecular flexibility index (Phi) is 5.07. The van der Waals surface area contributed by atoms with Crippen molar-refractivity contribution in [3.8, 4) is 0 Å². The molecule has 2 aromatic rings. The van der Waals surface area contributed by atoms with Gasteiger partial charge in [-0.25, -0.2) is 4.98 Å². The normalized spacial score (nSPS) is 12.2. The lowest BCUT2D eigenvalue weighted by Gasteiger charge is -2.21. The molecule has 0 radical (unpaired) electrons. The molecule has 0 fully saturated rings. The maximum Gasteiger partial charge on any atom is 0.131 e. The predicted octanol–water partition coefficient (Wildman–Crippen LogP) is 2.05. The minimum atomic E-state index is 0.141. The standard InChI is InChI=1S/C16H22N4/c1-13(17)12-14-6-5-10-19-16(14)20(2)11-8-15-7-3-4-9-18-15/h3-7,9-10,13H,8,11-12,17H2,1-2H3. The third-order valence-corrected chi connectivity index (χ3v) is 3.20. The highest BCUT2D eigenvalue weighted by atomic mass is 15.2. The maximum absolute atomic E-state index is 5.90. The smallest absolute Gasteiger partial charge is 0.131 e. The van der Waals surface area contributed by atoms with Gasteiger partial charge in [0.25, 0.3) is 0 Å². The van der Waals surface area contributed by atoms with Gasteiger partial charge >= 0.3 is 0 Å². The van der Waals surface area contributed by atoms with Crippen LogP contribution in [0.15, 0.2) is 42.7 Å². The number of hydrogen-bond acceptors (Lipinski definition) is 4. The molecule has 2 rings (SSSR count). The van der Waals surface area contributed by atoms with E-state index < -0.39 is 0 Å². The summed E-state index contributed by atoms with van der Waals surface area (Å²) in [5.74, 6) is 1.01. The largest absolute Gasteiger partial charge is 0.359 e. The van der Waals surface area contributed by atoms with Crippen LogP contribution < -0.4 is 10.6 Å². The van der Waals surface area contributed by atoms with Crippen LogP contribution >= 0.6 is 0 Å². The van der Waals surface area contributed by atoms with Crippen LogP contribution in [-0.4, -0.2) is 29.6 Å². The molecular weight excluding hydrogens is 248 g/mol. The molecule has 1 atom stereocenters. The van der Waals surface area contributed by atoms with Gasteiger partial charge in [0.1, 0.15) is 5.82 Å². The molecule has 0 saturated heterocycles. The summed E-state index contributed by atoms with van der Waals surface area (Å²) in [5.41, 5.74) is 8.20. The summed E-state index contributed by atoms with van der Waals surface area (Å²) in [5, 5.41) is 0. The monoisotopic (exact) mass is 270 g/mol. The van der Waals surface area contributed by atoms with Crippen molar-refractivity contribution in [2.75, 3.05) is 18.5 Å². The highest BCUT2D eigenvalue weighted by molar-refractivity contribution is 5.46. The Hall–Kier alpha value is -1.94. The molecule has 0 aliphatic rings. The third kappa shape index (κ3) is 4.03. The molecule has 0 aliphatic carbocycles. The first-order chi connectivity index (χ1) is 9.66. The van der Waals surface area contributed by atoms with Gasteiger partial charge in [-0.3, -0.25) is 4.98 Å². The summed E-state index contributed by atoms with van der Waals surface area (Å²) < 4.78 is 0. The number of rotatable bonds is 6. The van der Waals surface area contributed by atoms with Crippen molar-refractivity contribution in [1.29, 1.82) is 0 Å². The van der Waals surface area contributed by atoms with Crippen LogP contribution in [0.5, 0.6) is 0 Å². The van der Waals surface area contributed by atoms with Crippen molar-refractivity contribution in [2.45, 2.75) is 25.8 Å². The van der Waals surface area contributed by atoms with Gasteiger partial charge in [0.05, 0.1) is 0 Å². The van der Waals surface area contributed by atoms with E-state index in [2.05, 4.69) is 34.0 Å². The number of likely N-dealkylation sites (N-methyl/N-ethyl adjacent to an activating group) is 1. The van der Waals surface area contributed by atoms with Gasteiger partial charge in [0.15, 0.2) is 0 Å². The molecule has 20 heavy (non-hydrogen) atoms. The minimum Gasteiger partial charge on any atom is -0.359 e. The van der Waals surface area contributed by atoms with E-state index in [-0.39, 0.29) is 6.04 Å². The topological polar surface area (TPSA) is 55.0 Å². The minimum absolute atomic E-state index is 0.141. The molecule has 0 amide bonds. The van der Waals surface area contributed by atoms with Crippen LogP contribution in [0.2, 0.25) is 0 Å². The van der Waals surface area contributed by atoms with E-state index in [0.29, 0.717) is 0 Å². The lowest BCUT2D eigenvalue weighted by Crippen LogP contribution is -2.25. The molecule has 4 nitrogen and oxygen atoms in total. The van der Waals surface area contributed by atoms with Gasteiger partial charge in [-0.05, 0) is 37.1 Å². The molecule has 1 unspecified atom stereocenters. The average molecular weight is 270 g/mol. The van der Waals surface area contributed by atoms with E-state index in [9.17, 15) is 0 Å². The van der Waals surface area contributed by atoms with Crippen molar-refractivity contribution in [2.24, 2.45) is 5.73 Å². The van der Waals surface area contributed by atoms with E-state index in [4.69, 9.17) is 5.73 Å². The van der Waals surface area contributed by atoms with Crippen LogP contribution in [0, 0.1) is 0 Å². The fraction of sp³-hybridized carbons (Fsp3) is 0.375. The van der Waals surface area contributed by atoms with E-state index in [1.54, 1.807) is 0 Å². The number of nitrogens with zero attached hydrogens (tertiary/aromatic N) is 3. The quantitative estimate of drug-likeness (QED) is 0.873. The first-order valence-electron chi connectivity index (χ1n) is 6.97. The van der Waals surface area contributed by atoms with E-state index >= 15 is 0 Å². The second kappa shape index (κ2) is 7.01. The van der Waals surface area contributed by atoms with Crippen molar-refractivity contribution >= 4 is 5.82 Å². The van der Waals surface area contributed by atoms with Gasteiger partial charge in [-0.15, -0.1) is 0 Å². The van der Waals surface area contributed by atoms with Gasteiger partial charge in [-0.2, -0.15) is 0 Å². The molecule has 106 valence electrons. The Labute approximate surface area is 120 Å². The summed E-state index contributed by atoms with van der Waals surface area (Å²) in [7, 11) is 2.07. The van der Waals surface area contributed by atoms with Crippen LogP contribution in [0.25, 0.3) is 0 Å². The lowest BCUT2D eigenvalue weighted by atomic mass is 10.1. The van der Waals surface area contributed by atoms with Gasteiger partial charge in [0.2, 0.25) is 0 Å². The second-order valence-corrected chi connectivity index (χ2v) is 5.16. The number of pyridine rings is 2. The van der Waals surface area contributed by atoms with Crippen molar-refractivity contribution in [3.05, 3.63) is 54.0 Å². The van der Waals surface area contributed by atoms with Crippen molar-refractivity contribution < 1.29 is 0 Å². The fourth-order valence-electron chi connectivity index (χ4n) is 2.21. The van der Waals surface area contributed by atoms with E-state index in [1.807, 2.05) is 37.5 Å². The molecule has 0 aromatic carbocycles. The van der Waals surface area contributed by atoms with Crippen LogP contribution in [0.3, 0.4) is 0 Å². The molecule has 4 heteroatoms. The molecule has 0 saturated carbocycles. The highest BCUT2D eigenvalue weighted by Gasteiger charge is 2.10. The van der Waals surface area contributed by atoms with Crippen molar-refractivity contribution in [1.82, 2.24) is 9.97 Å². The zero-order chi connectivity index (χ0) is 14.4. The highest BCUT2D eigenvalue weighted by Crippen LogP contribution is 2.17. The number of hydrogen-bond donors (Lipinski definition) is 1. The molecule has 0 aliphatic heterocycles. The Morgan fingerprint density at radius 1 is 1.15 bits per heavy atom. The molecule has 0 bridgehead atoms. The zero-order valence-corrected chi connectivity index (χ0v) is 12.2. The summed E-state index contributed by atoms with van der Waals surface area (Å²) in [6, 6.07) is 10.2. The molecule has 2 aromatic heterocycles. The molecule has 2 heterocycles.